The second-order valence-electron chi connectivity index (χ2n) is 8.25. The summed E-state index contributed by atoms with van der Waals surface area (Å²) < 4.78 is 0. The van der Waals surface area contributed by atoms with Gasteiger partial charge in [-0.25, -0.2) is 0 Å². The smallest absolute Gasteiger partial charge is 0.307 e. The van der Waals surface area contributed by atoms with Crippen LogP contribution in [0.3, 0.4) is 0 Å². The molecule has 0 saturated carbocycles. The number of benzene rings is 4. The number of rotatable bonds is 5. The first-order valence-corrected chi connectivity index (χ1v) is 11.3. The predicted octanol–water partition coefficient (Wildman–Crippen LogP) is 6.52. The van der Waals surface area contributed by atoms with Crippen molar-refractivity contribution in [2.45, 2.75) is 6.42 Å². The molecule has 35 heavy (non-hydrogen) atoms. The lowest BCUT2D eigenvalue weighted by molar-refractivity contribution is -0.136. The normalized spacial score (nSPS) is 11.0. The Hall–Kier alpha value is -4.35. The molecular formula is C29H20ClNO4. The highest BCUT2D eigenvalue weighted by molar-refractivity contribution is 6.34. The molecule has 4 aromatic carbocycles. The monoisotopic (exact) mass is 481 g/mol. The van der Waals surface area contributed by atoms with Crippen molar-refractivity contribution in [3.63, 3.8) is 0 Å². The number of carboxylic acid groups (broad SMARTS) is 1. The number of aromatic nitrogens is 1. The molecule has 0 atom stereocenters. The first-order chi connectivity index (χ1) is 16.9. The van der Waals surface area contributed by atoms with Gasteiger partial charge in [0.2, 0.25) is 0 Å². The SMILES string of the molecule is O=C(O)Cc1ccccc1-c1cc2cc(-c3ccc(-c4ccccc4O)cc3)c(Cl)cc2[nH]c1=O. The molecule has 0 aliphatic carbocycles. The van der Waals surface area contributed by atoms with E-state index in [0.29, 0.717) is 27.2 Å². The zero-order valence-electron chi connectivity index (χ0n) is 18.5. The van der Waals surface area contributed by atoms with Crippen molar-refractivity contribution >= 4 is 28.5 Å². The van der Waals surface area contributed by atoms with E-state index in [0.717, 1.165) is 27.6 Å². The van der Waals surface area contributed by atoms with Crippen LogP contribution in [-0.2, 0) is 11.2 Å². The molecule has 0 aliphatic rings. The molecule has 0 fully saturated rings. The van der Waals surface area contributed by atoms with Crippen LogP contribution >= 0.6 is 11.6 Å². The number of para-hydroxylation sites is 1. The van der Waals surface area contributed by atoms with E-state index in [9.17, 15) is 19.8 Å². The summed E-state index contributed by atoms with van der Waals surface area (Å²) in [6, 6.07) is 27.3. The molecular weight excluding hydrogens is 462 g/mol. The minimum Gasteiger partial charge on any atom is -0.507 e. The number of halogens is 1. The van der Waals surface area contributed by atoms with Gasteiger partial charge >= 0.3 is 5.97 Å². The Balaban J connectivity index is 1.60. The number of hydrogen-bond donors (Lipinski definition) is 3. The molecule has 0 aliphatic heterocycles. The van der Waals surface area contributed by atoms with Gasteiger partial charge in [0, 0.05) is 22.2 Å². The number of nitrogens with one attached hydrogen (secondary N) is 1. The van der Waals surface area contributed by atoms with Crippen LogP contribution in [0.1, 0.15) is 5.56 Å². The Kier molecular flexibility index (Phi) is 5.85. The first kappa shape index (κ1) is 22.4. The number of hydrogen-bond acceptors (Lipinski definition) is 3. The van der Waals surface area contributed by atoms with Crippen molar-refractivity contribution < 1.29 is 15.0 Å². The standard InChI is InChI=1S/C29H20ClNO4/c30-25-16-26-20(14-24(29(35)31-26)21-6-2-1-5-19(21)15-28(33)34)13-23(25)18-11-9-17(10-12-18)22-7-3-4-8-27(22)32/h1-14,16,32H,15H2,(H,31,35)(H,33,34). The summed E-state index contributed by atoms with van der Waals surface area (Å²) in [5.74, 6) is -0.750. The predicted molar refractivity (Wildman–Crippen MR) is 139 cm³/mol. The molecule has 0 saturated heterocycles. The summed E-state index contributed by atoms with van der Waals surface area (Å²) in [5, 5.41) is 20.7. The molecule has 6 heteroatoms. The number of aromatic hydroxyl groups is 1. The summed E-state index contributed by atoms with van der Waals surface area (Å²) in [4.78, 5) is 27.1. The van der Waals surface area contributed by atoms with Crippen molar-refractivity contribution in [3.05, 3.63) is 112 Å². The number of phenols is 1. The Morgan fingerprint density at radius 1 is 0.771 bits per heavy atom. The molecule has 5 nitrogen and oxygen atoms in total. The van der Waals surface area contributed by atoms with Crippen molar-refractivity contribution in [1.82, 2.24) is 4.98 Å². The maximum Gasteiger partial charge on any atom is 0.307 e. The molecule has 1 heterocycles. The fourth-order valence-corrected chi connectivity index (χ4v) is 4.57. The van der Waals surface area contributed by atoms with E-state index < -0.39 is 5.97 Å². The van der Waals surface area contributed by atoms with Gasteiger partial charge in [0.05, 0.1) is 11.4 Å². The van der Waals surface area contributed by atoms with Crippen LogP contribution in [0.5, 0.6) is 5.75 Å². The van der Waals surface area contributed by atoms with Crippen LogP contribution in [0.4, 0.5) is 0 Å². The topological polar surface area (TPSA) is 90.4 Å². The second kappa shape index (κ2) is 9.12. The third-order valence-corrected chi connectivity index (χ3v) is 6.30. The maximum absolute atomic E-state index is 12.9. The number of carboxylic acids is 1. The number of fused-ring (bicyclic) bond motifs is 1. The van der Waals surface area contributed by atoms with Crippen molar-refractivity contribution in [1.29, 1.82) is 0 Å². The molecule has 172 valence electrons. The van der Waals surface area contributed by atoms with Gasteiger partial charge in [-0.3, -0.25) is 9.59 Å². The highest BCUT2D eigenvalue weighted by Gasteiger charge is 2.14. The van der Waals surface area contributed by atoms with E-state index in [1.807, 2.05) is 42.5 Å². The molecule has 0 bridgehead atoms. The zero-order chi connectivity index (χ0) is 24.5. The zero-order valence-corrected chi connectivity index (χ0v) is 19.2. The quantitative estimate of drug-likeness (QED) is 0.266. The van der Waals surface area contributed by atoms with Crippen LogP contribution in [-0.4, -0.2) is 21.2 Å². The largest absolute Gasteiger partial charge is 0.507 e. The van der Waals surface area contributed by atoms with E-state index >= 15 is 0 Å². The lowest BCUT2D eigenvalue weighted by Crippen LogP contribution is -2.11. The number of H-pyrrole nitrogens is 1. The van der Waals surface area contributed by atoms with Gasteiger partial charge in [0.1, 0.15) is 5.75 Å². The van der Waals surface area contributed by atoms with Gasteiger partial charge in [-0.1, -0.05) is 78.3 Å². The van der Waals surface area contributed by atoms with Gasteiger partial charge in [0.15, 0.2) is 0 Å². The lowest BCUT2D eigenvalue weighted by Gasteiger charge is -2.11. The number of phenolic OH excluding ortho intramolecular Hbond substituents is 1. The van der Waals surface area contributed by atoms with E-state index in [2.05, 4.69) is 4.98 Å². The molecule has 3 N–H and O–H groups in total. The summed E-state index contributed by atoms with van der Waals surface area (Å²) >= 11 is 6.58. The van der Waals surface area contributed by atoms with E-state index in [1.54, 1.807) is 48.5 Å². The average molecular weight is 482 g/mol. The van der Waals surface area contributed by atoms with Crippen LogP contribution < -0.4 is 5.56 Å². The number of aromatic amines is 1. The van der Waals surface area contributed by atoms with Crippen LogP contribution in [0.15, 0.2) is 95.8 Å². The lowest BCUT2D eigenvalue weighted by atomic mass is 9.96. The number of aliphatic carboxylic acids is 1. The first-order valence-electron chi connectivity index (χ1n) is 11.0. The third kappa shape index (κ3) is 4.42. The number of pyridine rings is 1. The van der Waals surface area contributed by atoms with Gasteiger partial charge in [-0.05, 0) is 51.9 Å². The Bertz CT molecular complexity index is 1640. The summed E-state index contributed by atoms with van der Waals surface area (Å²) in [6.45, 7) is 0. The van der Waals surface area contributed by atoms with Gasteiger partial charge < -0.3 is 15.2 Å². The minimum absolute atomic E-state index is 0.178. The van der Waals surface area contributed by atoms with Crippen molar-refractivity contribution in [3.8, 4) is 39.1 Å². The van der Waals surface area contributed by atoms with Crippen LogP contribution in [0.25, 0.3) is 44.3 Å². The highest BCUT2D eigenvalue weighted by atomic mass is 35.5. The molecule has 0 unspecified atom stereocenters. The second-order valence-corrected chi connectivity index (χ2v) is 8.66. The third-order valence-electron chi connectivity index (χ3n) is 5.99. The van der Waals surface area contributed by atoms with Crippen molar-refractivity contribution in [2.75, 3.05) is 0 Å². The fourth-order valence-electron chi connectivity index (χ4n) is 4.30. The van der Waals surface area contributed by atoms with Crippen LogP contribution in [0, 0.1) is 0 Å². The van der Waals surface area contributed by atoms with E-state index in [4.69, 9.17) is 11.6 Å². The molecule has 0 radical (unpaired) electrons. The van der Waals surface area contributed by atoms with Gasteiger partial charge in [0.25, 0.3) is 5.56 Å². The molecule has 5 rings (SSSR count). The molecule has 1 aromatic heterocycles. The maximum atomic E-state index is 12.9. The Morgan fingerprint density at radius 3 is 2.06 bits per heavy atom. The Morgan fingerprint density at radius 2 is 1.37 bits per heavy atom. The van der Waals surface area contributed by atoms with E-state index in [-0.39, 0.29) is 17.7 Å². The highest BCUT2D eigenvalue weighted by Crippen LogP contribution is 2.35. The van der Waals surface area contributed by atoms with Crippen molar-refractivity contribution in [2.24, 2.45) is 0 Å². The van der Waals surface area contributed by atoms with Crippen LogP contribution in [0.2, 0.25) is 5.02 Å². The average Bonchev–Trinajstić information content (AvgIpc) is 2.84. The van der Waals surface area contributed by atoms with Gasteiger partial charge in [-0.2, -0.15) is 0 Å². The molecule has 5 aromatic rings. The number of carbonyl (C=O) groups is 1. The molecule has 0 amide bonds. The van der Waals surface area contributed by atoms with E-state index in [1.165, 1.54) is 0 Å². The van der Waals surface area contributed by atoms with Gasteiger partial charge in [-0.15, -0.1) is 0 Å². The summed E-state index contributed by atoms with van der Waals surface area (Å²) in [5.41, 5.74) is 5.13. The molecule has 0 spiro atoms. The summed E-state index contributed by atoms with van der Waals surface area (Å²) in [6.07, 6.45) is -0.178. The summed E-state index contributed by atoms with van der Waals surface area (Å²) in [7, 11) is 0. The minimum atomic E-state index is -0.962. The Labute approximate surface area is 205 Å². The fraction of sp³-hybridized carbons (Fsp3) is 0.0345.